The fraction of sp³-hybridized carbons (Fsp3) is 0.625. The van der Waals surface area contributed by atoms with Crippen molar-refractivity contribution in [2.24, 2.45) is 11.8 Å². The molecule has 1 aromatic heterocycles. The predicted molar refractivity (Wildman–Crippen MR) is 158 cm³/mol. The first-order chi connectivity index (χ1) is 19.4. The second-order valence-corrected chi connectivity index (χ2v) is 12.9. The van der Waals surface area contributed by atoms with E-state index >= 15 is 0 Å². The summed E-state index contributed by atoms with van der Waals surface area (Å²) in [5.41, 5.74) is 1.35. The molecule has 9 nitrogen and oxygen atoms in total. The fourth-order valence-corrected chi connectivity index (χ4v) is 6.29. The summed E-state index contributed by atoms with van der Waals surface area (Å²) in [4.78, 5) is 47.5. The van der Waals surface area contributed by atoms with Crippen molar-refractivity contribution in [2.45, 2.75) is 91.3 Å². The van der Waals surface area contributed by atoms with Gasteiger partial charge in [-0.1, -0.05) is 25.3 Å². The second-order valence-electron chi connectivity index (χ2n) is 12.9. The molecule has 2 heterocycles. The van der Waals surface area contributed by atoms with Crippen LogP contribution in [0.2, 0.25) is 0 Å². The third kappa shape index (κ3) is 8.18. The lowest BCUT2D eigenvalue weighted by Gasteiger charge is -2.46. The number of amides is 3. The van der Waals surface area contributed by atoms with E-state index in [2.05, 4.69) is 20.5 Å². The molecule has 0 bridgehead atoms. The SMILES string of the molecule is Cc1nc(CN(C)C(=O)c2cccc(C(=O)NCCCN3C[C@H]4CCCC[C@H]4C[C@H]3C(=O)NC(C)(C)C)c2)c(C)o1. The zero-order valence-electron chi connectivity index (χ0n) is 25.6. The number of aryl methyl sites for hydroxylation is 2. The van der Waals surface area contributed by atoms with Crippen LogP contribution in [-0.4, -0.2) is 70.8 Å². The highest BCUT2D eigenvalue weighted by Gasteiger charge is 2.40. The van der Waals surface area contributed by atoms with E-state index in [-0.39, 0.29) is 29.3 Å². The van der Waals surface area contributed by atoms with Gasteiger partial charge in [-0.3, -0.25) is 19.3 Å². The Morgan fingerprint density at radius 3 is 2.49 bits per heavy atom. The molecule has 3 atom stereocenters. The number of rotatable bonds is 9. The molecule has 2 aliphatic rings. The quantitative estimate of drug-likeness (QED) is 0.434. The Hall–Kier alpha value is -3.20. The van der Waals surface area contributed by atoms with Gasteiger partial charge in [0.1, 0.15) is 11.5 Å². The number of piperidine rings is 1. The van der Waals surface area contributed by atoms with E-state index in [1.54, 1.807) is 43.1 Å². The standard InChI is InChI=1S/C32H47N5O4/c1-21-27(34-22(2)41-21)20-36(6)31(40)25-14-9-13-24(17-25)29(38)33-15-10-16-37-19-26-12-8-7-11-23(26)18-28(37)30(39)35-32(3,4)5/h9,13-14,17,23,26,28H,7-8,10-12,15-16,18-20H2,1-6H3,(H,33,38)(H,35,39)/t23-,26+,28-/m0/s1. The molecular formula is C32H47N5O4. The highest BCUT2D eigenvalue weighted by Crippen LogP contribution is 2.38. The predicted octanol–water partition coefficient (Wildman–Crippen LogP) is 4.48. The fourth-order valence-electron chi connectivity index (χ4n) is 6.29. The maximum Gasteiger partial charge on any atom is 0.253 e. The number of hydrogen-bond donors (Lipinski definition) is 2. The zero-order chi connectivity index (χ0) is 29.7. The first-order valence-corrected chi connectivity index (χ1v) is 15.0. The maximum atomic E-state index is 13.2. The Labute approximate surface area is 244 Å². The number of likely N-dealkylation sites (tertiary alicyclic amines) is 1. The van der Waals surface area contributed by atoms with Crippen molar-refractivity contribution in [2.75, 3.05) is 26.7 Å². The van der Waals surface area contributed by atoms with Gasteiger partial charge in [0, 0.05) is 50.3 Å². The van der Waals surface area contributed by atoms with Gasteiger partial charge in [-0.25, -0.2) is 4.98 Å². The molecular weight excluding hydrogens is 518 g/mol. The summed E-state index contributed by atoms with van der Waals surface area (Å²) in [6.45, 7) is 12.2. The summed E-state index contributed by atoms with van der Waals surface area (Å²) >= 11 is 0. The molecule has 0 radical (unpaired) electrons. The maximum absolute atomic E-state index is 13.2. The van der Waals surface area contributed by atoms with Crippen LogP contribution in [0.25, 0.3) is 0 Å². The molecule has 41 heavy (non-hydrogen) atoms. The van der Waals surface area contributed by atoms with Crippen LogP contribution in [0.5, 0.6) is 0 Å². The average molecular weight is 566 g/mol. The number of hydrogen-bond acceptors (Lipinski definition) is 6. The van der Waals surface area contributed by atoms with E-state index in [1.807, 2.05) is 27.7 Å². The number of aromatic nitrogens is 1. The second kappa shape index (κ2) is 13.2. The van der Waals surface area contributed by atoms with Gasteiger partial charge < -0.3 is 20.0 Å². The minimum atomic E-state index is -0.265. The van der Waals surface area contributed by atoms with E-state index in [0.29, 0.717) is 47.7 Å². The van der Waals surface area contributed by atoms with Crippen molar-refractivity contribution in [3.8, 4) is 0 Å². The number of oxazole rings is 1. The third-order valence-electron chi connectivity index (χ3n) is 8.32. The van der Waals surface area contributed by atoms with Crippen LogP contribution in [0, 0.1) is 25.7 Å². The molecule has 0 unspecified atom stereocenters. The molecule has 1 saturated carbocycles. The largest absolute Gasteiger partial charge is 0.446 e. The van der Waals surface area contributed by atoms with Crippen LogP contribution in [-0.2, 0) is 11.3 Å². The van der Waals surface area contributed by atoms with Crippen LogP contribution in [0.4, 0.5) is 0 Å². The van der Waals surface area contributed by atoms with E-state index in [4.69, 9.17) is 4.42 Å². The van der Waals surface area contributed by atoms with Gasteiger partial charge in [0.05, 0.1) is 12.6 Å². The normalized spacial score (nSPS) is 21.2. The van der Waals surface area contributed by atoms with Gasteiger partial charge in [-0.05, 0) is 77.0 Å². The average Bonchev–Trinajstić information content (AvgIpc) is 3.24. The van der Waals surface area contributed by atoms with E-state index in [0.717, 1.165) is 31.6 Å². The Kier molecular flexibility index (Phi) is 9.89. The Morgan fingerprint density at radius 1 is 1.10 bits per heavy atom. The monoisotopic (exact) mass is 565 g/mol. The first-order valence-electron chi connectivity index (χ1n) is 15.0. The lowest BCUT2D eigenvalue weighted by atomic mass is 9.72. The lowest BCUT2D eigenvalue weighted by molar-refractivity contribution is -0.131. The molecule has 2 fully saturated rings. The van der Waals surface area contributed by atoms with Crippen molar-refractivity contribution in [3.05, 3.63) is 52.7 Å². The summed E-state index contributed by atoms with van der Waals surface area (Å²) in [6, 6.07) is 6.69. The molecule has 0 spiro atoms. The summed E-state index contributed by atoms with van der Waals surface area (Å²) in [7, 11) is 1.71. The van der Waals surface area contributed by atoms with Crippen LogP contribution >= 0.6 is 0 Å². The van der Waals surface area contributed by atoms with Crippen molar-refractivity contribution < 1.29 is 18.8 Å². The molecule has 4 rings (SSSR count). The molecule has 2 N–H and O–H groups in total. The van der Waals surface area contributed by atoms with Gasteiger partial charge in [-0.15, -0.1) is 0 Å². The summed E-state index contributed by atoms with van der Waals surface area (Å²) < 4.78 is 5.47. The Balaban J connectivity index is 1.31. The van der Waals surface area contributed by atoms with Crippen molar-refractivity contribution in [3.63, 3.8) is 0 Å². The lowest BCUT2D eigenvalue weighted by Crippen LogP contribution is -2.57. The van der Waals surface area contributed by atoms with Crippen LogP contribution in [0.3, 0.4) is 0 Å². The van der Waals surface area contributed by atoms with Crippen molar-refractivity contribution in [1.82, 2.24) is 25.4 Å². The van der Waals surface area contributed by atoms with E-state index < -0.39 is 0 Å². The number of carbonyl (C=O) groups is 3. The zero-order valence-corrected chi connectivity index (χ0v) is 25.6. The Bertz CT molecular complexity index is 1230. The van der Waals surface area contributed by atoms with Crippen molar-refractivity contribution >= 4 is 17.7 Å². The third-order valence-corrected chi connectivity index (χ3v) is 8.32. The number of nitrogens with one attached hydrogen (secondary N) is 2. The topological polar surface area (TPSA) is 108 Å². The summed E-state index contributed by atoms with van der Waals surface area (Å²) in [5, 5.41) is 6.20. The molecule has 9 heteroatoms. The molecule has 1 aromatic carbocycles. The highest BCUT2D eigenvalue weighted by atomic mass is 16.4. The van der Waals surface area contributed by atoms with Gasteiger partial charge in [0.25, 0.3) is 11.8 Å². The number of fused-ring (bicyclic) bond motifs is 1. The number of carbonyl (C=O) groups excluding carboxylic acids is 3. The molecule has 3 amide bonds. The van der Waals surface area contributed by atoms with Gasteiger partial charge in [0.15, 0.2) is 5.89 Å². The summed E-state index contributed by atoms with van der Waals surface area (Å²) in [5.74, 6) is 2.27. The first kappa shape index (κ1) is 30.8. The van der Waals surface area contributed by atoms with Crippen LogP contribution in [0.1, 0.15) is 97.4 Å². The van der Waals surface area contributed by atoms with Gasteiger partial charge in [0.2, 0.25) is 5.91 Å². The Morgan fingerprint density at radius 2 is 1.80 bits per heavy atom. The van der Waals surface area contributed by atoms with Crippen LogP contribution in [0.15, 0.2) is 28.7 Å². The number of nitrogens with zero attached hydrogens (tertiary/aromatic N) is 3. The highest BCUT2D eigenvalue weighted by molar-refractivity contribution is 5.99. The van der Waals surface area contributed by atoms with Crippen molar-refractivity contribution in [1.29, 1.82) is 0 Å². The summed E-state index contributed by atoms with van der Waals surface area (Å²) in [6.07, 6.45) is 6.69. The number of benzene rings is 1. The molecule has 1 saturated heterocycles. The van der Waals surface area contributed by atoms with E-state index in [9.17, 15) is 14.4 Å². The molecule has 224 valence electrons. The molecule has 2 aromatic rings. The molecule has 1 aliphatic carbocycles. The minimum absolute atomic E-state index is 0.117. The van der Waals surface area contributed by atoms with E-state index in [1.165, 1.54) is 25.7 Å². The van der Waals surface area contributed by atoms with Crippen LogP contribution < -0.4 is 10.6 Å². The van der Waals surface area contributed by atoms with Gasteiger partial charge in [-0.2, -0.15) is 0 Å². The van der Waals surface area contributed by atoms with Gasteiger partial charge >= 0.3 is 0 Å². The smallest absolute Gasteiger partial charge is 0.253 e. The minimum Gasteiger partial charge on any atom is -0.446 e. The molecule has 1 aliphatic heterocycles.